The highest BCUT2D eigenvalue weighted by Gasteiger charge is 2.17. The van der Waals surface area contributed by atoms with Gasteiger partial charge in [0.2, 0.25) is 0 Å². The van der Waals surface area contributed by atoms with Gasteiger partial charge < -0.3 is 14.8 Å². The van der Waals surface area contributed by atoms with Crippen LogP contribution in [0.2, 0.25) is 0 Å². The van der Waals surface area contributed by atoms with Gasteiger partial charge in [-0.1, -0.05) is 26.0 Å². The third kappa shape index (κ3) is 5.87. The Morgan fingerprint density at radius 2 is 1.87 bits per heavy atom. The van der Waals surface area contributed by atoms with E-state index in [1.54, 1.807) is 6.92 Å². The highest BCUT2D eigenvalue weighted by molar-refractivity contribution is 5.80. The molecule has 23 heavy (non-hydrogen) atoms. The minimum Gasteiger partial charge on any atom is -0.481 e. The van der Waals surface area contributed by atoms with Crippen LogP contribution in [0.3, 0.4) is 0 Å². The first-order valence-corrected chi connectivity index (χ1v) is 8.68. The molecule has 1 aromatic carbocycles. The first kappa shape index (κ1) is 17.8. The van der Waals surface area contributed by atoms with E-state index in [4.69, 9.17) is 9.47 Å². The molecule has 1 amide bonds. The van der Waals surface area contributed by atoms with Crippen LogP contribution in [0.5, 0.6) is 5.75 Å². The second-order valence-corrected chi connectivity index (χ2v) is 6.62. The minimum atomic E-state index is -0.477. The lowest BCUT2D eigenvalue weighted by atomic mass is 9.97. The molecule has 0 radical (unpaired) electrons. The molecular formula is C19H29NO3. The van der Waals surface area contributed by atoms with E-state index in [1.165, 1.54) is 5.56 Å². The second-order valence-electron chi connectivity index (χ2n) is 6.62. The Morgan fingerprint density at radius 1 is 1.22 bits per heavy atom. The first-order chi connectivity index (χ1) is 11.1. The number of carbonyl (C=O) groups is 1. The molecule has 1 aromatic rings. The molecule has 128 valence electrons. The van der Waals surface area contributed by atoms with E-state index in [1.807, 2.05) is 12.1 Å². The highest BCUT2D eigenvalue weighted by Crippen LogP contribution is 2.20. The van der Waals surface area contributed by atoms with Crippen molar-refractivity contribution in [2.24, 2.45) is 5.92 Å². The molecule has 1 fully saturated rings. The molecular weight excluding hydrogens is 290 g/mol. The Hall–Kier alpha value is -1.55. The number of benzene rings is 1. The summed E-state index contributed by atoms with van der Waals surface area (Å²) in [6, 6.07) is 7.97. The van der Waals surface area contributed by atoms with Crippen molar-refractivity contribution in [2.75, 3.05) is 19.8 Å². The van der Waals surface area contributed by atoms with Crippen molar-refractivity contribution in [3.8, 4) is 5.75 Å². The minimum absolute atomic E-state index is 0.0509. The monoisotopic (exact) mass is 319 g/mol. The summed E-state index contributed by atoms with van der Waals surface area (Å²) in [4.78, 5) is 12.1. The number of carbonyl (C=O) groups excluding carboxylic acids is 1. The number of nitrogens with one attached hydrogen (secondary N) is 1. The lowest BCUT2D eigenvalue weighted by Gasteiger charge is -2.22. The van der Waals surface area contributed by atoms with Gasteiger partial charge in [0.05, 0.1) is 0 Å². The quantitative estimate of drug-likeness (QED) is 0.836. The van der Waals surface area contributed by atoms with Crippen LogP contribution in [0.4, 0.5) is 0 Å². The van der Waals surface area contributed by atoms with Crippen LogP contribution in [0.1, 0.15) is 51.5 Å². The molecule has 1 aliphatic heterocycles. The lowest BCUT2D eigenvalue weighted by Crippen LogP contribution is -2.37. The SMILES string of the molecule is CC(Oc1ccc(C(C)C)cc1)C(=O)NCCC1CCOCC1. The molecule has 1 atom stereocenters. The number of amides is 1. The van der Waals surface area contributed by atoms with Gasteiger partial charge in [0.15, 0.2) is 6.10 Å². The highest BCUT2D eigenvalue weighted by atomic mass is 16.5. The van der Waals surface area contributed by atoms with E-state index < -0.39 is 6.10 Å². The fraction of sp³-hybridized carbons (Fsp3) is 0.632. The zero-order chi connectivity index (χ0) is 16.7. The van der Waals surface area contributed by atoms with Crippen molar-refractivity contribution < 1.29 is 14.3 Å². The van der Waals surface area contributed by atoms with Crippen LogP contribution < -0.4 is 10.1 Å². The standard InChI is InChI=1S/C19H29NO3/c1-14(2)17-4-6-18(7-5-17)23-15(3)19(21)20-11-8-16-9-12-22-13-10-16/h4-7,14-16H,8-13H2,1-3H3,(H,20,21). The molecule has 4 heteroatoms. The third-order valence-electron chi connectivity index (χ3n) is 4.42. The summed E-state index contributed by atoms with van der Waals surface area (Å²) in [6.45, 7) is 8.52. The lowest BCUT2D eigenvalue weighted by molar-refractivity contribution is -0.127. The average molecular weight is 319 g/mol. The summed E-state index contributed by atoms with van der Waals surface area (Å²) in [7, 11) is 0. The molecule has 1 heterocycles. The van der Waals surface area contributed by atoms with Gasteiger partial charge in [-0.3, -0.25) is 4.79 Å². The summed E-state index contributed by atoms with van der Waals surface area (Å²) in [5.74, 6) is 1.85. The molecule has 4 nitrogen and oxygen atoms in total. The van der Waals surface area contributed by atoms with Crippen LogP contribution in [0.25, 0.3) is 0 Å². The molecule has 0 aromatic heterocycles. The molecule has 1 aliphatic rings. The van der Waals surface area contributed by atoms with E-state index in [2.05, 4.69) is 31.3 Å². The van der Waals surface area contributed by atoms with Gasteiger partial charge in [-0.25, -0.2) is 0 Å². The second kappa shape index (κ2) is 8.92. The number of ether oxygens (including phenoxy) is 2. The molecule has 2 rings (SSSR count). The van der Waals surface area contributed by atoms with Crippen LogP contribution in [0.15, 0.2) is 24.3 Å². The van der Waals surface area contributed by atoms with E-state index in [0.29, 0.717) is 18.4 Å². The van der Waals surface area contributed by atoms with Gasteiger partial charge in [0.25, 0.3) is 5.91 Å². The van der Waals surface area contributed by atoms with Crippen molar-refractivity contribution in [1.29, 1.82) is 0 Å². The first-order valence-electron chi connectivity index (χ1n) is 8.68. The molecule has 1 saturated heterocycles. The van der Waals surface area contributed by atoms with Crippen molar-refractivity contribution in [2.45, 2.75) is 52.1 Å². The molecule has 1 N–H and O–H groups in total. The smallest absolute Gasteiger partial charge is 0.260 e. The van der Waals surface area contributed by atoms with Gasteiger partial charge >= 0.3 is 0 Å². The van der Waals surface area contributed by atoms with E-state index in [0.717, 1.165) is 38.2 Å². The maximum Gasteiger partial charge on any atom is 0.260 e. The Labute approximate surface area is 139 Å². The number of rotatable bonds is 7. The molecule has 1 unspecified atom stereocenters. The van der Waals surface area contributed by atoms with Crippen molar-refractivity contribution in [3.05, 3.63) is 29.8 Å². The normalized spacial score (nSPS) is 17.0. The van der Waals surface area contributed by atoms with Crippen LogP contribution in [-0.4, -0.2) is 31.8 Å². The van der Waals surface area contributed by atoms with Crippen LogP contribution >= 0.6 is 0 Å². The fourth-order valence-electron chi connectivity index (χ4n) is 2.77. The zero-order valence-electron chi connectivity index (χ0n) is 14.5. The average Bonchev–Trinajstić information content (AvgIpc) is 2.56. The summed E-state index contributed by atoms with van der Waals surface area (Å²) in [5, 5.41) is 2.97. The van der Waals surface area contributed by atoms with Crippen molar-refractivity contribution in [3.63, 3.8) is 0 Å². The van der Waals surface area contributed by atoms with Crippen LogP contribution in [-0.2, 0) is 9.53 Å². The van der Waals surface area contributed by atoms with Gasteiger partial charge in [-0.15, -0.1) is 0 Å². The summed E-state index contributed by atoms with van der Waals surface area (Å²) >= 11 is 0. The maximum absolute atomic E-state index is 12.1. The predicted molar refractivity (Wildman–Crippen MR) is 91.8 cm³/mol. The Kier molecular flexibility index (Phi) is 6.90. The number of hydrogen-bond donors (Lipinski definition) is 1. The predicted octanol–water partition coefficient (Wildman–Crippen LogP) is 3.51. The summed E-state index contributed by atoms with van der Waals surface area (Å²) in [5.41, 5.74) is 1.27. The van der Waals surface area contributed by atoms with Gasteiger partial charge in [0, 0.05) is 19.8 Å². The molecule has 0 saturated carbocycles. The number of hydrogen-bond acceptors (Lipinski definition) is 3. The van der Waals surface area contributed by atoms with E-state index in [-0.39, 0.29) is 5.91 Å². The van der Waals surface area contributed by atoms with E-state index >= 15 is 0 Å². The van der Waals surface area contributed by atoms with Gasteiger partial charge in [-0.05, 0) is 55.7 Å². The zero-order valence-corrected chi connectivity index (χ0v) is 14.5. The van der Waals surface area contributed by atoms with Gasteiger partial charge in [0.1, 0.15) is 5.75 Å². The maximum atomic E-state index is 12.1. The largest absolute Gasteiger partial charge is 0.481 e. The third-order valence-corrected chi connectivity index (χ3v) is 4.42. The summed E-state index contributed by atoms with van der Waals surface area (Å²) in [6.07, 6.45) is 2.74. The Bertz CT molecular complexity index is 478. The van der Waals surface area contributed by atoms with Gasteiger partial charge in [-0.2, -0.15) is 0 Å². The topological polar surface area (TPSA) is 47.6 Å². The van der Waals surface area contributed by atoms with Crippen LogP contribution in [0, 0.1) is 5.92 Å². The fourth-order valence-corrected chi connectivity index (χ4v) is 2.77. The van der Waals surface area contributed by atoms with Crippen molar-refractivity contribution >= 4 is 5.91 Å². The molecule has 0 bridgehead atoms. The molecule has 0 spiro atoms. The van der Waals surface area contributed by atoms with E-state index in [9.17, 15) is 4.79 Å². The Morgan fingerprint density at radius 3 is 2.48 bits per heavy atom. The van der Waals surface area contributed by atoms with Crippen molar-refractivity contribution in [1.82, 2.24) is 5.32 Å². The Balaban J connectivity index is 1.71. The summed E-state index contributed by atoms with van der Waals surface area (Å²) < 4.78 is 11.1. The molecule has 0 aliphatic carbocycles.